The number of nitrogens with zero attached hydrogens (tertiary/aromatic N) is 3. The molecule has 1 saturated heterocycles. The van der Waals surface area contributed by atoms with Gasteiger partial charge in [0.1, 0.15) is 0 Å². The molecule has 2 atom stereocenters. The number of aromatic amines is 1. The lowest BCUT2D eigenvalue weighted by Gasteiger charge is -2.37. The number of piperidine rings is 1. The molecular formula is C13H24IN5. The van der Waals surface area contributed by atoms with Crippen molar-refractivity contribution in [1.82, 2.24) is 20.4 Å². The van der Waals surface area contributed by atoms with Crippen LogP contribution < -0.4 is 5.32 Å². The lowest BCUT2D eigenvalue weighted by atomic mass is 9.92. The zero-order chi connectivity index (χ0) is 13.0. The van der Waals surface area contributed by atoms with Crippen molar-refractivity contribution in [3.05, 3.63) is 18.0 Å². The van der Waals surface area contributed by atoms with Gasteiger partial charge in [-0.3, -0.25) is 10.1 Å². The Bertz CT molecular complexity index is 380. The minimum atomic E-state index is 0. The van der Waals surface area contributed by atoms with Crippen LogP contribution in [0.15, 0.2) is 17.3 Å². The van der Waals surface area contributed by atoms with Crippen LogP contribution >= 0.6 is 24.0 Å². The van der Waals surface area contributed by atoms with Crippen molar-refractivity contribution in [3.8, 4) is 0 Å². The molecule has 0 saturated carbocycles. The van der Waals surface area contributed by atoms with Crippen LogP contribution in [-0.2, 0) is 6.54 Å². The summed E-state index contributed by atoms with van der Waals surface area (Å²) in [5.74, 6) is 2.46. The second-order valence-electron chi connectivity index (χ2n) is 5.33. The third-order valence-electron chi connectivity index (χ3n) is 3.38. The Hall–Kier alpha value is -0.790. The van der Waals surface area contributed by atoms with E-state index in [1.54, 1.807) is 6.20 Å². The highest BCUT2D eigenvalue weighted by Crippen LogP contribution is 2.20. The number of guanidine groups is 1. The third kappa shape index (κ3) is 4.67. The Labute approximate surface area is 132 Å². The maximum absolute atomic E-state index is 4.38. The first-order valence-electron chi connectivity index (χ1n) is 6.63. The molecule has 2 unspecified atom stereocenters. The van der Waals surface area contributed by atoms with Crippen molar-refractivity contribution in [1.29, 1.82) is 0 Å². The number of aliphatic imine (C=N–C) groups is 1. The van der Waals surface area contributed by atoms with Crippen LogP contribution in [0.5, 0.6) is 0 Å². The van der Waals surface area contributed by atoms with Gasteiger partial charge in [-0.2, -0.15) is 5.10 Å². The van der Waals surface area contributed by atoms with E-state index in [1.807, 2.05) is 13.1 Å². The molecule has 108 valence electrons. The van der Waals surface area contributed by atoms with E-state index in [0.717, 1.165) is 43.1 Å². The molecule has 1 aromatic rings. The second kappa shape index (κ2) is 7.72. The molecule has 0 amide bonds. The summed E-state index contributed by atoms with van der Waals surface area (Å²) in [5.41, 5.74) is 1.08. The summed E-state index contributed by atoms with van der Waals surface area (Å²) in [4.78, 5) is 6.73. The molecular weight excluding hydrogens is 353 g/mol. The number of rotatable bonds is 2. The van der Waals surface area contributed by atoms with Gasteiger partial charge in [-0.05, 0) is 24.3 Å². The number of nitrogens with one attached hydrogen (secondary N) is 2. The fraction of sp³-hybridized carbons (Fsp3) is 0.692. The van der Waals surface area contributed by atoms with Gasteiger partial charge in [0, 0.05) is 26.3 Å². The van der Waals surface area contributed by atoms with Gasteiger partial charge < -0.3 is 10.2 Å². The number of hydrogen-bond acceptors (Lipinski definition) is 2. The largest absolute Gasteiger partial charge is 0.351 e. The van der Waals surface area contributed by atoms with E-state index in [2.05, 4.69) is 39.3 Å². The molecule has 1 fully saturated rings. The lowest BCUT2D eigenvalue weighted by molar-refractivity contribution is 0.208. The van der Waals surface area contributed by atoms with Gasteiger partial charge >= 0.3 is 0 Å². The van der Waals surface area contributed by atoms with E-state index < -0.39 is 0 Å². The van der Waals surface area contributed by atoms with Crippen LogP contribution in [0.1, 0.15) is 26.0 Å². The molecule has 2 N–H and O–H groups in total. The predicted molar refractivity (Wildman–Crippen MR) is 88.7 cm³/mol. The van der Waals surface area contributed by atoms with E-state index in [1.165, 1.54) is 6.42 Å². The topological polar surface area (TPSA) is 56.3 Å². The minimum Gasteiger partial charge on any atom is -0.351 e. The zero-order valence-corrected chi connectivity index (χ0v) is 14.2. The summed E-state index contributed by atoms with van der Waals surface area (Å²) in [6, 6.07) is 1.97. The van der Waals surface area contributed by atoms with Gasteiger partial charge in [0.2, 0.25) is 0 Å². The number of likely N-dealkylation sites (tertiary alicyclic amines) is 1. The Balaban J connectivity index is 0.00000180. The van der Waals surface area contributed by atoms with E-state index >= 15 is 0 Å². The summed E-state index contributed by atoms with van der Waals surface area (Å²) in [5, 5.41) is 10.3. The molecule has 2 heterocycles. The lowest BCUT2D eigenvalue weighted by Crippen LogP contribution is -2.48. The third-order valence-corrected chi connectivity index (χ3v) is 3.38. The molecule has 6 heteroatoms. The molecule has 0 aliphatic carbocycles. The highest BCUT2D eigenvalue weighted by molar-refractivity contribution is 14.0. The smallest absolute Gasteiger partial charge is 0.193 e. The number of aromatic nitrogens is 2. The van der Waals surface area contributed by atoms with Crippen LogP contribution in [-0.4, -0.2) is 41.2 Å². The zero-order valence-electron chi connectivity index (χ0n) is 11.9. The molecule has 0 radical (unpaired) electrons. The van der Waals surface area contributed by atoms with Gasteiger partial charge in [0.25, 0.3) is 0 Å². The number of halogens is 1. The fourth-order valence-corrected chi connectivity index (χ4v) is 2.73. The normalized spacial score (nSPS) is 23.9. The van der Waals surface area contributed by atoms with E-state index in [9.17, 15) is 0 Å². The summed E-state index contributed by atoms with van der Waals surface area (Å²) in [6.45, 7) is 7.54. The van der Waals surface area contributed by atoms with Gasteiger partial charge in [-0.25, -0.2) is 0 Å². The van der Waals surface area contributed by atoms with Crippen molar-refractivity contribution in [2.75, 3.05) is 20.1 Å². The van der Waals surface area contributed by atoms with Crippen LogP contribution in [0.25, 0.3) is 0 Å². The molecule has 1 aliphatic rings. The summed E-state index contributed by atoms with van der Waals surface area (Å²) < 4.78 is 0. The molecule has 0 bridgehead atoms. The monoisotopic (exact) mass is 377 g/mol. The van der Waals surface area contributed by atoms with Crippen molar-refractivity contribution >= 4 is 29.9 Å². The highest BCUT2D eigenvalue weighted by atomic mass is 127. The van der Waals surface area contributed by atoms with Gasteiger partial charge in [0.15, 0.2) is 5.96 Å². The average molecular weight is 377 g/mol. The first-order chi connectivity index (χ1) is 8.69. The molecule has 0 spiro atoms. The molecule has 0 aromatic carbocycles. The Morgan fingerprint density at radius 1 is 1.47 bits per heavy atom. The van der Waals surface area contributed by atoms with Crippen molar-refractivity contribution in [2.24, 2.45) is 16.8 Å². The van der Waals surface area contributed by atoms with Crippen LogP contribution in [0.3, 0.4) is 0 Å². The van der Waals surface area contributed by atoms with Crippen LogP contribution in [0.2, 0.25) is 0 Å². The molecule has 1 aromatic heterocycles. The van der Waals surface area contributed by atoms with Crippen molar-refractivity contribution in [3.63, 3.8) is 0 Å². The minimum absolute atomic E-state index is 0. The maximum atomic E-state index is 4.38. The predicted octanol–water partition coefficient (Wildman–Crippen LogP) is 2.08. The molecule has 19 heavy (non-hydrogen) atoms. The first kappa shape index (κ1) is 16.3. The Morgan fingerprint density at radius 3 is 2.68 bits per heavy atom. The van der Waals surface area contributed by atoms with Gasteiger partial charge in [-0.1, -0.05) is 13.8 Å². The molecule has 1 aliphatic heterocycles. The van der Waals surface area contributed by atoms with E-state index in [0.29, 0.717) is 0 Å². The summed E-state index contributed by atoms with van der Waals surface area (Å²) in [7, 11) is 1.85. The quantitative estimate of drug-likeness (QED) is 0.472. The summed E-state index contributed by atoms with van der Waals surface area (Å²) >= 11 is 0. The number of hydrogen-bond donors (Lipinski definition) is 2. The Morgan fingerprint density at radius 2 is 2.16 bits per heavy atom. The van der Waals surface area contributed by atoms with Crippen LogP contribution in [0, 0.1) is 11.8 Å². The maximum Gasteiger partial charge on any atom is 0.193 e. The highest BCUT2D eigenvalue weighted by Gasteiger charge is 2.23. The van der Waals surface area contributed by atoms with Crippen molar-refractivity contribution in [2.45, 2.75) is 26.8 Å². The first-order valence-corrected chi connectivity index (χ1v) is 6.63. The average Bonchev–Trinajstić information content (AvgIpc) is 2.81. The van der Waals surface area contributed by atoms with Crippen molar-refractivity contribution < 1.29 is 0 Å². The number of H-pyrrole nitrogens is 1. The van der Waals surface area contributed by atoms with E-state index in [4.69, 9.17) is 0 Å². The SMILES string of the molecule is CN=C(NCc1ccn[nH]1)N1CC(C)CC(C)C1.I. The Kier molecular flexibility index (Phi) is 6.60. The molecule has 2 rings (SSSR count). The second-order valence-corrected chi connectivity index (χ2v) is 5.33. The standard InChI is InChI=1S/C13H23N5.HI/c1-10-6-11(2)9-18(8-10)13(14-3)15-7-12-4-5-16-17-12;/h4-5,10-11H,6-9H2,1-3H3,(H,14,15)(H,16,17);1H. The van der Waals surface area contributed by atoms with Gasteiger partial charge in [0.05, 0.1) is 12.2 Å². The molecule has 5 nitrogen and oxygen atoms in total. The van der Waals surface area contributed by atoms with Crippen LogP contribution in [0.4, 0.5) is 0 Å². The van der Waals surface area contributed by atoms with E-state index in [-0.39, 0.29) is 24.0 Å². The van der Waals surface area contributed by atoms with Gasteiger partial charge in [-0.15, -0.1) is 24.0 Å². The summed E-state index contributed by atoms with van der Waals surface area (Å²) in [6.07, 6.45) is 3.08. The fourth-order valence-electron chi connectivity index (χ4n) is 2.73.